The van der Waals surface area contributed by atoms with E-state index in [-0.39, 0.29) is 6.09 Å². The number of hydrogen-bond donors (Lipinski definition) is 1. The van der Waals surface area contributed by atoms with Gasteiger partial charge in [0.1, 0.15) is 0 Å². The zero-order chi connectivity index (χ0) is 14.2. The summed E-state index contributed by atoms with van der Waals surface area (Å²) < 4.78 is 5.01. The summed E-state index contributed by atoms with van der Waals surface area (Å²) in [5.41, 5.74) is 0. The molecule has 1 amide bonds. The molecule has 0 radical (unpaired) electrons. The van der Waals surface area contributed by atoms with Crippen molar-refractivity contribution in [3.63, 3.8) is 0 Å². The van der Waals surface area contributed by atoms with Crippen LogP contribution in [-0.4, -0.2) is 19.2 Å². The van der Waals surface area contributed by atoms with E-state index < -0.39 is 0 Å². The molecule has 0 unspecified atom stereocenters. The predicted octanol–water partition coefficient (Wildman–Crippen LogP) is 5.04. The maximum Gasteiger partial charge on any atom is 0.407 e. The van der Waals surface area contributed by atoms with E-state index in [1.54, 1.807) is 0 Å². The van der Waals surface area contributed by atoms with Crippen LogP contribution in [0.2, 0.25) is 0 Å². The van der Waals surface area contributed by atoms with Crippen LogP contribution in [-0.2, 0) is 4.74 Å². The molecule has 0 aliphatic carbocycles. The fourth-order valence-electron chi connectivity index (χ4n) is 1.99. The predicted molar refractivity (Wildman–Crippen MR) is 81.5 cm³/mol. The third-order valence-corrected chi connectivity index (χ3v) is 3.28. The molecule has 0 saturated heterocycles. The SMILES string of the molecule is CCCCCCCCCCCNC(=O)OCCCC. The number of alkyl carbamates (subject to hydrolysis) is 1. The first-order valence-corrected chi connectivity index (χ1v) is 8.21. The zero-order valence-corrected chi connectivity index (χ0v) is 13.0. The van der Waals surface area contributed by atoms with Crippen LogP contribution >= 0.6 is 0 Å². The highest BCUT2D eigenvalue weighted by Crippen LogP contribution is 2.09. The van der Waals surface area contributed by atoms with E-state index in [2.05, 4.69) is 19.2 Å². The fraction of sp³-hybridized carbons (Fsp3) is 0.938. The number of amides is 1. The van der Waals surface area contributed by atoms with Crippen LogP contribution in [0.5, 0.6) is 0 Å². The van der Waals surface area contributed by atoms with Crippen LogP contribution < -0.4 is 5.32 Å². The van der Waals surface area contributed by atoms with Crippen LogP contribution in [0.1, 0.15) is 84.5 Å². The minimum atomic E-state index is -0.256. The van der Waals surface area contributed by atoms with Crippen LogP contribution in [0.3, 0.4) is 0 Å². The first-order chi connectivity index (χ1) is 9.31. The molecule has 0 aromatic carbocycles. The van der Waals surface area contributed by atoms with Crippen molar-refractivity contribution >= 4 is 6.09 Å². The lowest BCUT2D eigenvalue weighted by Gasteiger charge is -2.06. The second kappa shape index (κ2) is 15.3. The number of carbonyl (C=O) groups excluding carboxylic acids is 1. The molecule has 0 rings (SSSR count). The van der Waals surface area contributed by atoms with Gasteiger partial charge in [0, 0.05) is 6.54 Å². The van der Waals surface area contributed by atoms with Gasteiger partial charge < -0.3 is 10.1 Å². The van der Waals surface area contributed by atoms with Crippen molar-refractivity contribution in [1.29, 1.82) is 0 Å². The Morgan fingerprint density at radius 3 is 1.89 bits per heavy atom. The topological polar surface area (TPSA) is 38.3 Å². The van der Waals surface area contributed by atoms with E-state index >= 15 is 0 Å². The van der Waals surface area contributed by atoms with Crippen molar-refractivity contribution in [3.8, 4) is 0 Å². The van der Waals surface area contributed by atoms with Gasteiger partial charge in [0.15, 0.2) is 0 Å². The van der Waals surface area contributed by atoms with Gasteiger partial charge in [-0.1, -0.05) is 71.6 Å². The highest BCUT2D eigenvalue weighted by molar-refractivity contribution is 5.66. The number of hydrogen-bond acceptors (Lipinski definition) is 2. The third kappa shape index (κ3) is 15.2. The Kier molecular flexibility index (Phi) is 14.7. The average Bonchev–Trinajstić information content (AvgIpc) is 2.41. The summed E-state index contributed by atoms with van der Waals surface area (Å²) in [4.78, 5) is 11.2. The Hall–Kier alpha value is -0.730. The van der Waals surface area contributed by atoms with E-state index in [0.29, 0.717) is 6.61 Å². The molecule has 19 heavy (non-hydrogen) atoms. The molecule has 0 aliphatic heterocycles. The van der Waals surface area contributed by atoms with Crippen LogP contribution in [0.4, 0.5) is 4.79 Å². The first-order valence-electron chi connectivity index (χ1n) is 8.21. The zero-order valence-electron chi connectivity index (χ0n) is 13.0. The average molecular weight is 271 g/mol. The number of unbranched alkanes of at least 4 members (excludes halogenated alkanes) is 9. The molecule has 0 spiro atoms. The maximum absolute atomic E-state index is 11.2. The molecule has 114 valence electrons. The summed E-state index contributed by atoms with van der Waals surface area (Å²) in [6.45, 7) is 5.63. The Bertz CT molecular complexity index is 195. The highest BCUT2D eigenvalue weighted by atomic mass is 16.5. The normalized spacial score (nSPS) is 10.4. The Balaban J connectivity index is 3.07. The molecule has 0 aromatic heterocycles. The summed E-state index contributed by atoms with van der Waals surface area (Å²) in [7, 11) is 0. The van der Waals surface area contributed by atoms with Crippen molar-refractivity contribution in [1.82, 2.24) is 5.32 Å². The summed E-state index contributed by atoms with van der Waals surface area (Å²) in [6, 6.07) is 0. The second-order valence-electron chi connectivity index (χ2n) is 5.24. The molecule has 0 atom stereocenters. The molecule has 0 fully saturated rings. The number of rotatable bonds is 13. The molecule has 0 aliphatic rings. The van der Waals surface area contributed by atoms with Gasteiger partial charge in [0.25, 0.3) is 0 Å². The molecule has 0 heterocycles. The number of nitrogens with one attached hydrogen (secondary N) is 1. The summed E-state index contributed by atoms with van der Waals surface area (Å²) in [5.74, 6) is 0. The van der Waals surface area contributed by atoms with Gasteiger partial charge in [-0.2, -0.15) is 0 Å². The van der Waals surface area contributed by atoms with Crippen molar-refractivity contribution in [2.75, 3.05) is 13.2 Å². The quantitative estimate of drug-likeness (QED) is 0.476. The van der Waals surface area contributed by atoms with Gasteiger partial charge in [-0.05, 0) is 12.8 Å². The molecule has 0 saturated carbocycles. The van der Waals surface area contributed by atoms with Crippen molar-refractivity contribution in [3.05, 3.63) is 0 Å². The first kappa shape index (κ1) is 18.3. The van der Waals surface area contributed by atoms with Gasteiger partial charge in [0.05, 0.1) is 6.61 Å². The van der Waals surface area contributed by atoms with E-state index in [0.717, 1.165) is 25.8 Å². The molecule has 3 heteroatoms. The Morgan fingerprint density at radius 1 is 0.789 bits per heavy atom. The smallest absolute Gasteiger partial charge is 0.407 e. The number of ether oxygens (including phenoxy) is 1. The lowest BCUT2D eigenvalue weighted by Crippen LogP contribution is -2.25. The fourth-order valence-corrected chi connectivity index (χ4v) is 1.99. The van der Waals surface area contributed by atoms with Crippen LogP contribution in [0.15, 0.2) is 0 Å². The van der Waals surface area contributed by atoms with E-state index in [1.165, 1.54) is 51.4 Å². The van der Waals surface area contributed by atoms with Crippen molar-refractivity contribution in [2.24, 2.45) is 0 Å². The van der Waals surface area contributed by atoms with Gasteiger partial charge in [-0.15, -0.1) is 0 Å². The minimum absolute atomic E-state index is 0.256. The van der Waals surface area contributed by atoms with Gasteiger partial charge >= 0.3 is 6.09 Å². The molecule has 0 bridgehead atoms. The van der Waals surface area contributed by atoms with E-state index in [1.807, 2.05) is 0 Å². The summed E-state index contributed by atoms with van der Waals surface area (Å²) >= 11 is 0. The molecule has 3 nitrogen and oxygen atoms in total. The second-order valence-corrected chi connectivity index (χ2v) is 5.24. The monoisotopic (exact) mass is 271 g/mol. The lowest BCUT2D eigenvalue weighted by atomic mass is 10.1. The molecular weight excluding hydrogens is 238 g/mol. The standard InChI is InChI=1S/C16H33NO2/c1-3-5-7-8-9-10-11-12-13-14-17-16(18)19-15-6-4-2/h3-15H2,1-2H3,(H,17,18). The lowest BCUT2D eigenvalue weighted by molar-refractivity contribution is 0.144. The Morgan fingerprint density at radius 2 is 1.32 bits per heavy atom. The maximum atomic E-state index is 11.2. The number of carbonyl (C=O) groups is 1. The van der Waals surface area contributed by atoms with Gasteiger partial charge in [0.2, 0.25) is 0 Å². The molecular formula is C16H33NO2. The van der Waals surface area contributed by atoms with Crippen LogP contribution in [0, 0.1) is 0 Å². The summed E-state index contributed by atoms with van der Waals surface area (Å²) in [5, 5.41) is 2.80. The van der Waals surface area contributed by atoms with E-state index in [9.17, 15) is 4.79 Å². The van der Waals surface area contributed by atoms with Crippen molar-refractivity contribution < 1.29 is 9.53 Å². The highest BCUT2D eigenvalue weighted by Gasteiger charge is 1.99. The van der Waals surface area contributed by atoms with Crippen molar-refractivity contribution in [2.45, 2.75) is 84.5 Å². The van der Waals surface area contributed by atoms with Gasteiger partial charge in [-0.25, -0.2) is 4.79 Å². The third-order valence-electron chi connectivity index (χ3n) is 3.28. The molecule has 1 N–H and O–H groups in total. The molecule has 0 aromatic rings. The summed E-state index contributed by atoms with van der Waals surface area (Å²) in [6.07, 6.45) is 13.5. The van der Waals surface area contributed by atoms with E-state index in [4.69, 9.17) is 4.74 Å². The minimum Gasteiger partial charge on any atom is -0.450 e. The Labute approximate surface area is 119 Å². The van der Waals surface area contributed by atoms with Gasteiger partial charge in [-0.3, -0.25) is 0 Å². The largest absolute Gasteiger partial charge is 0.450 e. The van der Waals surface area contributed by atoms with Crippen LogP contribution in [0.25, 0.3) is 0 Å².